The zero-order valence-corrected chi connectivity index (χ0v) is 16.5. The molecule has 1 aromatic carbocycles. The molecule has 4 nitrogen and oxygen atoms in total. The number of likely N-dealkylation sites (tertiary alicyclic amines) is 1. The summed E-state index contributed by atoms with van der Waals surface area (Å²) in [6, 6.07) is 4.11. The molecule has 2 heterocycles. The first-order valence-electron chi connectivity index (χ1n) is 9.58. The van der Waals surface area contributed by atoms with Crippen molar-refractivity contribution in [3.8, 4) is 5.75 Å². The van der Waals surface area contributed by atoms with Crippen LogP contribution < -0.4 is 5.63 Å². The fourth-order valence-corrected chi connectivity index (χ4v) is 5.67. The van der Waals surface area contributed by atoms with E-state index in [4.69, 9.17) is 4.42 Å². The molecule has 1 saturated carbocycles. The van der Waals surface area contributed by atoms with E-state index in [0.717, 1.165) is 23.1 Å². The van der Waals surface area contributed by atoms with Gasteiger partial charge >= 0.3 is 5.63 Å². The smallest absolute Gasteiger partial charge is 0.339 e. The highest BCUT2D eigenvalue weighted by atomic mass is 16.4. The molecule has 0 amide bonds. The van der Waals surface area contributed by atoms with E-state index in [1.165, 1.54) is 19.3 Å². The number of phenols is 1. The van der Waals surface area contributed by atoms with Crippen molar-refractivity contribution in [1.29, 1.82) is 0 Å². The highest BCUT2D eigenvalue weighted by Crippen LogP contribution is 2.53. The van der Waals surface area contributed by atoms with Crippen LogP contribution in [-0.4, -0.2) is 22.6 Å². The van der Waals surface area contributed by atoms with E-state index in [1.807, 2.05) is 13.0 Å². The number of phenolic OH excluding ortho intramolecular Hbond substituents is 1. The molecule has 140 valence electrons. The fourth-order valence-electron chi connectivity index (χ4n) is 5.67. The van der Waals surface area contributed by atoms with Crippen molar-refractivity contribution in [3.05, 3.63) is 39.2 Å². The number of fused-ring (bicyclic) bond motifs is 3. The molecule has 1 aliphatic heterocycles. The first-order valence-corrected chi connectivity index (χ1v) is 9.58. The monoisotopic (exact) mass is 355 g/mol. The van der Waals surface area contributed by atoms with Crippen LogP contribution in [0.25, 0.3) is 11.0 Å². The standard InChI is InChI=1S/C22H29NO3/c1-13-14(2)20(25)26-19-16(13)6-7-18(24)17(19)10-23-12-22(5)9-15(23)8-21(3,4)11-22/h6-7,15,24H,8-12H2,1-5H3/t15-,22-/m0/s1. The van der Waals surface area contributed by atoms with Gasteiger partial charge in [-0.3, -0.25) is 4.90 Å². The normalized spacial score (nSPS) is 28.0. The van der Waals surface area contributed by atoms with Crippen LogP contribution in [0.1, 0.15) is 56.7 Å². The molecule has 2 aliphatic rings. The average molecular weight is 355 g/mol. The maximum atomic E-state index is 12.2. The number of hydrogen-bond acceptors (Lipinski definition) is 4. The Morgan fingerprint density at radius 2 is 1.92 bits per heavy atom. The van der Waals surface area contributed by atoms with Crippen molar-refractivity contribution in [3.63, 3.8) is 0 Å². The van der Waals surface area contributed by atoms with Crippen LogP contribution in [-0.2, 0) is 6.54 Å². The van der Waals surface area contributed by atoms with E-state index in [-0.39, 0.29) is 11.4 Å². The zero-order valence-electron chi connectivity index (χ0n) is 16.5. The molecule has 2 atom stereocenters. The highest BCUT2D eigenvalue weighted by molar-refractivity contribution is 5.85. The summed E-state index contributed by atoms with van der Waals surface area (Å²) in [6.07, 6.45) is 3.63. The third-order valence-electron chi connectivity index (χ3n) is 6.59. The van der Waals surface area contributed by atoms with Crippen molar-refractivity contribution >= 4 is 11.0 Å². The van der Waals surface area contributed by atoms with E-state index in [1.54, 1.807) is 13.0 Å². The fraction of sp³-hybridized carbons (Fsp3) is 0.591. The number of rotatable bonds is 2. The molecule has 2 aromatic rings. The summed E-state index contributed by atoms with van der Waals surface area (Å²) >= 11 is 0. The van der Waals surface area contributed by atoms with Crippen molar-refractivity contribution in [2.75, 3.05) is 6.54 Å². The molecule has 1 aliphatic carbocycles. The van der Waals surface area contributed by atoms with Crippen molar-refractivity contribution in [2.24, 2.45) is 10.8 Å². The molecule has 0 unspecified atom stereocenters. The second kappa shape index (κ2) is 5.59. The van der Waals surface area contributed by atoms with Gasteiger partial charge in [0.2, 0.25) is 0 Å². The topological polar surface area (TPSA) is 53.7 Å². The Morgan fingerprint density at radius 1 is 1.19 bits per heavy atom. The largest absolute Gasteiger partial charge is 0.507 e. The molecule has 4 rings (SSSR count). The Labute approximate surface area is 154 Å². The summed E-state index contributed by atoms with van der Waals surface area (Å²) in [6.45, 7) is 12.5. The molecular formula is C22H29NO3. The van der Waals surface area contributed by atoms with Gasteiger partial charge in [0.05, 0.1) is 5.56 Å². The van der Waals surface area contributed by atoms with E-state index >= 15 is 0 Å². The lowest BCUT2D eigenvalue weighted by Gasteiger charge is -2.40. The van der Waals surface area contributed by atoms with Gasteiger partial charge in [-0.2, -0.15) is 0 Å². The predicted molar refractivity (Wildman–Crippen MR) is 104 cm³/mol. The van der Waals surface area contributed by atoms with Crippen molar-refractivity contribution in [1.82, 2.24) is 4.90 Å². The Morgan fingerprint density at radius 3 is 2.65 bits per heavy atom. The predicted octanol–water partition coefficient (Wildman–Crippen LogP) is 4.52. The summed E-state index contributed by atoms with van der Waals surface area (Å²) in [4.78, 5) is 14.7. The van der Waals surface area contributed by atoms with E-state index < -0.39 is 0 Å². The maximum Gasteiger partial charge on any atom is 0.339 e. The molecule has 0 radical (unpaired) electrons. The number of aryl methyl sites for hydroxylation is 1. The average Bonchev–Trinajstić information content (AvgIpc) is 2.76. The van der Waals surface area contributed by atoms with Crippen molar-refractivity contribution < 1.29 is 9.52 Å². The maximum absolute atomic E-state index is 12.2. The first kappa shape index (κ1) is 17.6. The Balaban J connectivity index is 1.77. The van der Waals surface area contributed by atoms with Crippen LogP contribution in [0.3, 0.4) is 0 Å². The van der Waals surface area contributed by atoms with Gasteiger partial charge in [-0.1, -0.05) is 20.8 Å². The zero-order chi connectivity index (χ0) is 18.9. The van der Waals surface area contributed by atoms with Gasteiger partial charge in [0.25, 0.3) is 0 Å². The Hall–Kier alpha value is -1.81. The highest BCUT2D eigenvalue weighted by Gasteiger charge is 2.49. The minimum Gasteiger partial charge on any atom is -0.507 e. The molecule has 2 bridgehead atoms. The minimum absolute atomic E-state index is 0.217. The minimum atomic E-state index is -0.310. The first-order chi connectivity index (χ1) is 12.1. The Bertz CT molecular complexity index is 943. The van der Waals surface area contributed by atoms with Gasteiger partial charge in [-0.05, 0) is 61.6 Å². The molecule has 1 N–H and O–H groups in total. The lowest BCUT2D eigenvalue weighted by atomic mass is 9.65. The van der Waals surface area contributed by atoms with E-state index in [0.29, 0.717) is 34.6 Å². The summed E-state index contributed by atoms with van der Waals surface area (Å²) in [5, 5.41) is 11.5. The summed E-state index contributed by atoms with van der Waals surface area (Å²) in [5.41, 5.74) is 3.25. The lowest BCUT2D eigenvalue weighted by Crippen LogP contribution is -2.34. The van der Waals surface area contributed by atoms with Crippen LogP contribution in [0.4, 0.5) is 0 Å². The molecule has 0 spiro atoms. The van der Waals surface area contributed by atoms with Gasteiger partial charge in [-0.25, -0.2) is 4.79 Å². The van der Waals surface area contributed by atoms with Crippen molar-refractivity contribution in [2.45, 2.75) is 66.5 Å². The lowest BCUT2D eigenvalue weighted by molar-refractivity contribution is 0.126. The van der Waals surface area contributed by atoms with Gasteiger partial charge in [0.15, 0.2) is 0 Å². The Kier molecular flexibility index (Phi) is 3.78. The van der Waals surface area contributed by atoms with E-state index in [2.05, 4.69) is 25.7 Å². The summed E-state index contributed by atoms with van der Waals surface area (Å²) in [7, 11) is 0. The summed E-state index contributed by atoms with van der Waals surface area (Å²) < 4.78 is 5.63. The molecule has 2 fully saturated rings. The molecule has 1 saturated heterocycles. The number of aromatic hydroxyl groups is 1. The van der Waals surface area contributed by atoms with Crippen LogP contribution in [0.2, 0.25) is 0 Å². The van der Waals surface area contributed by atoms with Gasteiger partial charge in [-0.15, -0.1) is 0 Å². The summed E-state index contributed by atoms with van der Waals surface area (Å²) in [5.74, 6) is 0.217. The SMILES string of the molecule is Cc1c(C)c2ccc(O)c(CN3C[C@@]4(C)C[C@@H]3CC(C)(C)C4)c2oc1=O. The number of nitrogens with zero attached hydrogens (tertiary/aromatic N) is 1. The second-order valence-electron chi connectivity index (χ2n) is 9.70. The van der Waals surface area contributed by atoms with E-state index in [9.17, 15) is 9.90 Å². The van der Waals surface area contributed by atoms with Gasteiger partial charge < -0.3 is 9.52 Å². The third kappa shape index (κ3) is 2.75. The third-order valence-corrected chi connectivity index (χ3v) is 6.59. The quantitative estimate of drug-likeness (QED) is 0.805. The molecular weight excluding hydrogens is 326 g/mol. The van der Waals surface area contributed by atoms with Crippen LogP contribution in [0, 0.1) is 24.7 Å². The van der Waals surface area contributed by atoms with Crippen LogP contribution >= 0.6 is 0 Å². The second-order valence-corrected chi connectivity index (χ2v) is 9.70. The number of hydrogen-bond donors (Lipinski definition) is 1. The molecule has 26 heavy (non-hydrogen) atoms. The van der Waals surface area contributed by atoms with Crippen LogP contribution in [0.15, 0.2) is 21.3 Å². The molecule has 4 heteroatoms. The van der Waals surface area contributed by atoms with Crippen LogP contribution in [0.5, 0.6) is 5.75 Å². The molecule has 1 aromatic heterocycles. The number of benzene rings is 1. The van der Waals surface area contributed by atoms with Gasteiger partial charge in [0, 0.05) is 30.1 Å². The van der Waals surface area contributed by atoms with Gasteiger partial charge in [0.1, 0.15) is 11.3 Å².